The summed E-state index contributed by atoms with van der Waals surface area (Å²) >= 11 is 0. The minimum absolute atomic E-state index is 0.00667. The zero-order chi connectivity index (χ0) is 17.8. The van der Waals surface area contributed by atoms with Crippen LogP contribution in [0.15, 0.2) is 35.1 Å². The van der Waals surface area contributed by atoms with E-state index in [1.165, 1.54) is 6.07 Å². The second-order valence-electron chi connectivity index (χ2n) is 5.96. The summed E-state index contributed by atoms with van der Waals surface area (Å²) in [5, 5.41) is 0. The van der Waals surface area contributed by atoms with Gasteiger partial charge in [0.1, 0.15) is 17.7 Å². The van der Waals surface area contributed by atoms with Gasteiger partial charge in [0.25, 0.3) is 5.56 Å². The third-order valence-corrected chi connectivity index (χ3v) is 4.15. The van der Waals surface area contributed by atoms with Crippen LogP contribution in [0.25, 0.3) is 0 Å². The zero-order valence-electron chi connectivity index (χ0n) is 14.3. The fourth-order valence-corrected chi connectivity index (χ4v) is 2.92. The molecular weight excluding hydrogens is 322 g/mol. The molecule has 1 saturated heterocycles. The highest BCUT2D eigenvalue weighted by molar-refractivity contribution is 5.79. The van der Waals surface area contributed by atoms with Crippen molar-refractivity contribution in [3.63, 3.8) is 0 Å². The average Bonchev–Trinajstić information content (AvgIpc) is 2.61. The first-order valence-electron chi connectivity index (χ1n) is 8.16. The molecule has 1 aromatic heterocycles. The van der Waals surface area contributed by atoms with E-state index in [2.05, 4.69) is 9.97 Å². The molecule has 1 aliphatic heterocycles. The van der Waals surface area contributed by atoms with Crippen molar-refractivity contribution < 1.29 is 14.3 Å². The lowest BCUT2D eigenvalue weighted by atomic mass is 10.1. The molecule has 132 valence electrons. The molecule has 1 aliphatic rings. The van der Waals surface area contributed by atoms with Crippen molar-refractivity contribution in [2.24, 2.45) is 0 Å². The monoisotopic (exact) mass is 343 g/mol. The number of H-pyrrole nitrogens is 1. The van der Waals surface area contributed by atoms with Crippen molar-refractivity contribution in [2.45, 2.75) is 19.4 Å². The fraction of sp³-hybridized carbons (Fsp3) is 0.389. The maximum absolute atomic E-state index is 12.7. The predicted octanol–water partition coefficient (Wildman–Crippen LogP) is 1.23. The Balaban J connectivity index is 1.72. The van der Waals surface area contributed by atoms with Gasteiger partial charge in [0, 0.05) is 23.9 Å². The van der Waals surface area contributed by atoms with Crippen molar-refractivity contribution in [2.75, 3.05) is 26.8 Å². The lowest BCUT2D eigenvalue weighted by molar-refractivity contribution is -0.138. The van der Waals surface area contributed by atoms with Crippen LogP contribution in [0, 0.1) is 6.92 Å². The number of para-hydroxylation sites is 1. The highest BCUT2D eigenvalue weighted by atomic mass is 16.5. The summed E-state index contributed by atoms with van der Waals surface area (Å²) in [6, 6.07) is 8.91. The van der Waals surface area contributed by atoms with Crippen LogP contribution in [0.5, 0.6) is 5.75 Å². The fourth-order valence-electron chi connectivity index (χ4n) is 2.92. The molecule has 25 heavy (non-hydrogen) atoms. The van der Waals surface area contributed by atoms with E-state index in [0.717, 1.165) is 5.56 Å². The molecule has 7 heteroatoms. The molecule has 0 bridgehead atoms. The molecule has 0 spiro atoms. The first kappa shape index (κ1) is 17.2. The Kier molecular flexibility index (Phi) is 5.14. The number of ether oxygens (including phenoxy) is 2. The molecular formula is C18H21N3O4. The van der Waals surface area contributed by atoms with Gasteiger partial charge in [0.2, 0.25) is 5.91 Å². The van der Waals surface area contributed by atoms with Gasteiger partial charge in [-0.05, 0) is 13.0 Å². The molecule has 0 radical (unpaired) electrons. The topological polar surface area (TPSA) is 84.5 Å². The van der Waals surface area contributed by atoms with E-state index < -0.39 is 6.10 Å². The van der Waals surface area contributed by atoms with Gasteiger partial charge in [-0.2, -0.15) is 0 Å². The Morgan fingerprint density at radius 1 is 1.44 bits per heavy atom. The number of hydrogen-bond donors (Lipinski definition) is 1. The van der Waals surface area contributed by atoms with Crippen molar-refractivity contribution in [3.8, 4) is 5.75 Å². The van der Waals surface area contributed by atoms with Crippen LogP contribution in [-0.2, 0) is 16.0 Å². The maximum Gasteiger partial charge on any atom is 0.251 e. The zero-order valence-corrected chi connectivity index (χ0v) is 14.3. The third kappa shape index (κ3) is 4.06. The van der Waals surface area contributed by atoms with Gasteiger partial charge in [0.15, 0.2) is 0 Å². The molecule has 0 aliphatic carbocycles. The smallest absolute Gasteiger partial charge is 0.251 e. The van der Waals surface area contributed by atoms with E-state index in [4.69, 9.17) is 9.47 Å². The first-order valence-corrected chi connectivity index (χ1v) is 8.16. The minimum atomic E-state index is -0.428. The Morgan fingerprint density at radius 2 is 2.24 bits per heavy atom. The van der Waals surface area contributed by atoms with Crippen LogP contribution in [0.3, 0.4) is 0 Å². The Labute approximate surface area is 145 Å². The number of nitrogens with zero attached hydrogens (tertiary/aromatic N) is 2. The number of benzene rings is 1. The highest BCUT2D eigenvalue weighted by Gasteiger charge is 2.27. The van der Waals surface area contributed by atoms with Crippen LogP contribution in [0.4, 0.5) is 0 Å². The third-order valence-electron chi connectivity index (χ3n) is 4.15. The van der Waals surface area contributed by atoms with Gasteiger partial charge in [-0.3, -0.25) is 9.59 Å². The van der Waals surface area contributed by atoms with Gasteiger partial charge in [-0.25, -0.2) is 4.98 Å². The van der Waals surface area contributed by atoms with Crippen LogP contribution < -0.4 is 10.3 Å². The molecule has 1 amide bonds. The first-order chi connectivity index (χ1) is 12.1. The number of amides is 1. The molecule has 1 aromatic carbocycles. The summed E-state index contributed by atoms with van der Waals surface area (Å²) in [5.41, 5.74) is 1.25. The van der Waals surface area contributed by atoms with Crippen LogP contribution in [0.1, 0.15) is 23.2 Å². The molecule has 3 rings (SSSR count). The minimum Gasteiger partial charge on any atom is -0.496 e. The van der Waals surface area contributed by atoms with E-state index in [9.17, 15) is 9.59 Å². The van der Waals surface area contributed by atoms with Crippen LogP contribution in [0.2, 0.25) is 0 Å². The van der Waals surface area contributed by atoms with Crippen LogP contribution in [-0.4, -0.2) is 47.6 Å². The number of hydrogen-bond acceptors (Lipinski definition) is 5. The summed E-state index contributed by atoms with van der Waals surface area (Å²) in [5.74, 6) is 1.15. The normalized spacial score (nSPS) is 17.4. The molecule has 1 fully saturated rings. The van der Waals surface area contributed by atoms with Crippen molar-refractivity contribution >= 4 is 5.91 Å². The quantitative estimate of drug-likeness (QED) is 0.903. The second kappa shape index (κ2) is 7.48. The summed E-state index contributed by atoms with van der Waals surface area (Å²) in [4.78, 5) is 33.1. The second-order valence-corrected chi connectivity index (χ2v) is 5.96. The number of nitrogens with one attached hydrogen (secondary N) is 1. The van der Waals surface area contributed by atoms with E-state index in [0.29, 0.717) is 37.0 Å². The number of methoxy groups -OCH3 is 1. The van der Waals surface area contributed by atoms with E-state index >= 15 is 0 Å². The molecule has 2 aromatic rings. The average molecular weight is 343 g/mol. The Hall–Kier alpha value is -2.67. The van der Waals surface area contributed by atoms with E-state index in [1.807, 2.05) is 24.3 Å². The highest BCUT2D eigenvalue weighted by Crippen LogP contribution is 2.22. The number of aromatic nitrogens is 2. The number of rotatable bonds is 4. The van der Waals surface area contributed by atoms with Crippen LogP contribution >= 0.6 is 0 Å². The van der Waals surface area contributed by atoms with Crippen molar-refractivity contribution in [1.29, 1.82) is 0 Å². The van der Waals surface area contributed by atoms with Crippen molar-refractivity contribution in [1.82, 2.24) is 14.9 Å². The Morgan fingerprint density at radius 3 is 3.00 bits per heavy atom. The summed E-state index contributed by atoms with van der Waals surface area (Å²) in [6.07, 6.45) is -0.169. The number of aromatic amines is 1. The lowest BCUT2D eigenvalue weighted by Gasteiger charge is -2.32. The molecule has 0 unspecified atom stereocenters. The van der Waals surface area contributed by atoms with Gasteiger partial charge in [-0.15, -0.1) is 0 Å². The number of aryl methyl sites for hydroxylation is 1. The van der Waals surface area contributed by atoms with Gasteiger partial charge in [0.05, 0.1) is 26.7 Å². The number of carbonyl (C=O) groups excluding carboxylic acids is 1. The number of morpholine rings is 1. The molecule has 1 atom stereocenters. The van der Waals surface area contributed by atoms with Gasteiger partial charge >= 0.3 is 0 Å². The van der Waals surface area contributed by atoms with Gasteiger partial charge < -0.3 is 19.4 Å². The summed E-state index contributed by atoms with van der Waals surface area (Å²) in [6.45, 7) is 3.03. The summed E-state index contributed by atoms with van der Waals surface area (Å²) < 4.78 is 11.0. The molecule has 7 nitrogen and oxygen atoms in total. The van der Waals surface area contributed by atoms with Crippen molar-refractivity contribution in [3.05, 3.63) is 57.8 Å². The molecule has 0 saturated carbocycles. The molecule has 2 heterocycles. The lowest BCUT2D eigenvalue weighted by Crippen LogP contribution is -2.43. The standard InChI is InChI=1S/C18H21N3O4/c1-12-9-16(22)20-18(19-12)15-11-21(7-8-25-15)17(23)10-13-5-3-4-6-14(13)24-2/h3-6,9,15H,7-8,10-11H2,1-2H3,(H,19,20,22)/t15-/m0/s1. The number of carbonyl (C=O) groups is 1. The SMILES string of the molecule is COc1ccccc1CC(=O)N1CCO[C@H](c2nc(C)cc(=O)[nH]2)C1. The Bertz CT molecular complexity index is 818. The predicted molar refractivity (Wildman–Crippen MR) is 91.6 cm³/mol. The maximum atomic E-state index is 12.7. The molecule has 1 N–H and O–H groups in total. The summed E-state index contributed by atoms with van der Waals surface area (Å²) in [7, 11) is 1.59. The van der Waals surface area contributed by atoms with Gasteiger partial charge in [-0.1, -0.05) is 18.2 Å². The largest absolute Gasteiger partial charge is 0.496 e. The van der Waals surface area contributed by atoms with E-state index in [-0.39, 0.29) is 17.9 Å². The van der Waals surface area contributed by atoms with E-state index in [1.54, 1.807) is 18.9 Å².